The van der Waals surface area contributed by atoms with Crippen molar-refractivity contribution in [3.63, 3.8) is 0 Å². The van der Waals surface area contributed by atoms with Crippen LogP contribution in [0.4, 0.5) is 0 Å². The van der Waals surface area contributed by atoms with Gasteiger partial charge in [0.25, 0.3) is 0 Å². The van der Waals surface area contributed by atoms with Gasteiger partial charge in [-0.2, -0.15) is 0 Å². The number of hydrogen-bond acceptors (Lipinski definition) is 3. The molecule has 1 unspecified atom stereocenters. The Morgan fingerprint density at radius 2 is 1.88 bits per heavy atom. The maximum Gasteiger partial charge on any atom is 0.237 e. The number of likely N-dealkylation sites (N-methyl/N-ethyl adjacent to an activating group) is 1. The lowest BCUT2D eigenvalue weighted by Gasteiger charge is -2.37. The van der Waals surface area contributed by atoms with Gasteiger partial charge in [0.05, 0.1) is 12.6 Å². The van der Waals surface area contributed by atoms with Crippen LogP contribution in [0.25, 0.3) is 0 Å². The van der Waals surface area contributed by atoms with Crippen LogP contribution in [-0.2, 0) is 4.79 Å². The van der Waals surface area contributed by atoms with Gasteiger partial charge in [-0.25, -0.2) is 0 Å². The first-order valence-electron chi connectivity index (χ1n) is 5.84. The summed E-state index contributed by atoms with van der Waals surface area (Å²) in [6, 6.07) is -0.235. The van der Waals surface area contributed by atoms with Crippen molar-refractivity contribution in [1.82, 2.24) is 10.2 Å². The molecule has 0 spiro atoms. The molecule has 0 aliphatic rings. The second-order valence-corrected chi connectivity index (χ2v) is 5.40. The Bertz CT molecular complexity index is 227. The number of aliphatic hydroxyl groups excluding tert-OH is 1. The zero-order chi connectivity index (χ0) is 12.9. The first-order chi connectivity index (χ1) is 7.22. The van der Waals surface area contributed by atoms with Crippen molar-refractivity contribution in [2.24, 2.45) is 5.92 Å². The highest BCUT2D eigenvalue weighted by atomic mass is 16.3. The first-order valence-corrected chi connectivity index (χ1v) is 5.84. The minimum Gasteiger partial charge on any atom is -0.394 e. The van der Waals surface area contributed by atoms with Gasteiger partial charge in [-0.15, -0.1) is 0 Å². The monoisotopic (exact) mass is 230 g/mol. The zero-order valence-corrected chi connectivity index (χ0v) is 11.4. The average molecular weight is 230 g/mol. The summed E-state index contributed by atoms with van der Waals surface area (Å²) in [5.74, 6) is 0.463. The van der Waals surface area contributed by atoms with Crippen LogP contribution >= 0.6 is 0 Å². The fraction of sp³-hybridized carbons (Fsp3) is 0.917. The molecule has 0 aliphatic carbocycles. The Morgan fingerprint density at radius 1 is 1.38 bits per heavy atom. The van der Waals surface area contributed by atoms with Crippen molar-refractivity contribution >= 4 is 5.91 Å². The molecule has 1 atom stereocenters. The third-order valence-electron chi connectivity index (χ3n) is 2.99. The molecule has 0 aromatic rings. The molecule has 0 saturated carbocycles. The molecule has 0 saturated heterocycles. The van der Waals surface area contributed by atoms with Crippen LogP contribution in [0.3, 0.4) is 0 Å². The van der Waals surface area contributed by atoms with E-state index in [-0.39, 0.29) is 24.1 Å². The maximum absolute atomic E-state index is 11.8. The molecule has 4 heteroatoms. The topological polar surface area (TPSA) is 52.6 Å². The van der Waals surface area contributed by atoms with E-state index in [0.29, 0.717) is 12.5 Å². The first kappa shape index (κ1) is 15.4. The summed E-state index contributed by atoms with van der Waals surface area (Å²) in [6.07, 6.45) is 0. The molecule has 4 nitrogen and oxygen atoms in total. The lowest BCUT2D eigenvalue weighted by atomic mass is 10.0. The van der Waals surface area contributed by atoms with Crippen molar-refractivity contribution in [2.45, 2.75) is 46.2 Å². The van der Waals surface area contributed by atoms with Crippen LogP contribution in [-0.4, -0.2) is 47.7 Å². The van der Waals surface area contributed by atoms with Gasteiger partial charge in [0.2, 0.25) is 5.91 Å². The van der Waals surface area contributed by atoms with E-state index >= 15 is 0 Å². The van der Waals surface area contributed by atoms with Crippen LogP contribution in [0, 0.1) is 5.92 Å². The van der Waals surface area contributed by atoms with Crippen molar-refractivity contribution in [3.05, 3.63) is 0 Å². The number of nitrogens with one attached hydrogen (secondary N) is 1. The number of carbonyl (C=O) groups excluding carboxylic acids is 1. The van der Waals surface area contributed by atoms with Gasteiger partial charge in [-0.05, 0) is 33.7 Å². The summed E-state index contributed by atoms with van der Waals surface area (Å²) < 4.78 is 0. The Morgan fingerprint density at radius 3 is 2.25 bits per heavy atom. The summed E-state index contributed by atoms with van der Waals surface area (Å²) in [6.45, 7) is 10.5. The molecular weight excluding hydrogens is 204 g/mol. The van der Waals surface area contributed by atoms with Crippen LogP contribution in [0.15, 0.2) is 0 Å². The molecule has 1 amide bonds. The largest absolute Gasteiger partial charge is 0.394 e. The third kappa shape index (κ3) is 4.49. The summed E-state index contributed by atoms with van der Waals surface area (Å²) >= 11 is 0. The molecule has 2 N–H and O–H groups in total. The van der Waals surface area contributed by atoms with E-state index in [1.165, 1.54) is 0 Å². The van der Waals surface area contributed by atoms with E-state index in [0.717, 1.165) is 0 Å². The normalized spacial score (nSPS) is 14.3. The number of rotatable bonds is 6. The standard InChI is InChI=1S/C12H26N2O2/c1-9(2)7-13-11(16)10(3)14(6)12(4,5)8-15/h9-10,15H,7-8H2,1-6H3,(H,13,16). The lowest BCUT2D eigenvalue weighted by molar-refractivity contribution is -0.128. The molecule has 0 bridgehead atoms. The van der Waals surface area contributed by atoms with Gasteiger partial charge in [0, 0.05) is 12.1 Å². The van der Waals surface area contributed by atoms with Crippen molar-refractivity contribution in [1.29, 1.82) is 0 Å². The number of nitrogens with zero attached hydrogens (tertiary/aromatic N) is 1. The molecule has 0 aromatic carbocycles. The zero-order valence-electron chi connectivity index (χ0n) is 11.4. The highest BCUT2D eigenvalue weighted by molar-refractivity contribution is 5.81. The van der Waals surface area contributed by atoms with Gasteiger partial charge in [0.15, 0.2) is 0 Å². The van der Waals surface area contributed by atoms with Crippen molar-refractivity contribution in [2.75, 3.05) is 20.2 Å². The molecular formula is C12H26N2O2. The van der Waals surface area contributed by atoms with Gasteiger partial charge >= 0.3 is 0 Å². The van der Waals surface area contributed by atoms with E-state index in [9.17, 15) is 9.90 Å². The summed E-state index contributed by atoms with van der Waals surface area (Å²) in [5.41, 5.74) is -0.380. The maximum atomic E-state index is 11.8. The Hall–Kier alpha value is -0.610. The Balaban J connectivity index is 4.32. The van der Waals surface area contributed by atoms with E-state index in [1.54, 1.807) is 0 Å². The minimum atomic E-state index is -0.380. The molecule has 96 valence electrons. The van der Waals surface area contributed by atoms with Gasteiger partial charge in [-0.1, -0.05) is 13.8 Å². The van der Waals surface area contributed by atoms with Crippen molar-refractivity contribution in [3.8, 4) is 0 Å². The second-order valence-electron chi connectivity index (χ2n) is 5.40. The number of aliphatic hydroxyl groups is 1. The van der Waals surface area contributed by atoms with Crippen LogP contribution in [0.1, 0.15) is 34.6 Å². The fourth-order valence-corrected chi connectivity index (χ4v) is 1.26. The quantitative estimate of drug-likeness (QED) is 0.711. The predicted octanol–water partition coefficient (Wildman–Crippen LogP) is 0.850. The summed E-state index contributed by atoms with van der Waals surface area (Å²) in [5, 5.41) is 12.1. The summed E-state index contributed by atoms with van der Waals surface area (Å²) in [4.78, 5) is 13.7. The van der Waals surface area contributed by atoms with Gasteiger partial charge in [0.1, 0.15) is 0 Å². The molecule has 0 aliphatic heterocycles. The SMILES string of the molecule is CC(C)CNC(=O)C(C)N(C)C(C)(C)CO. The van der Waals surface area contributed by atoms with Crippen LogP contribution in [0.5, 0.6) is 0 Å². The number of amides is 1. The number of hydrogen-bond donors (Lipinski definition) is 2. The van der Waals surface area contributed by atoms with Crippen LogP contribution in [0.2, 0.25) is 0 Å². The average Bonchev–Trinajstić information content (AvgIpc) is 2.23. The molecule has 0 radical (unpaired) electrons. The third-order valence-corrected chi connectivity index (χ3v) is 2.99. The lowest BCUT2D eigenvalue weighted by Crippen LogP contribution is -2.54. The molecule has 0 rings (SSSR count). The Labute approximate surface area is 99.0 Å². The van der Waals surface area contributed by atoms with Crippen molar-refractivity contribution < 1.29 is 9.90 Å². The fourth-order valence-electron chi connectivity index (χ4n) is 1.26. The van der Waals surface area contributed by atoms with Gasteiger partial charge in [-0.3, -0.25) is 9.69 Å². The van der Waals surface area contributed by atoms with E-state index in [2.05, 4.69) is 19.2 Å². The second kappa shape index (κ2) is 6.21. The Kier molecular flexibility index (Phi) is 5.97. The highest BCUT2D eigenvalue weighted by Gasteiger charge is 2.30. The smallest absolute Gasteiger partial charge is 0.237 e. The van der Waals surface area contributed by atoms with E-state index in [4.69, 9.17) is 0 Å². The molecule has 0 heterocycles. The van der Waals surface area contributed by atoms with Gasteiger partial charge < -0.3 is 10.4 Å². The van der Waals surface area contributed by atoms with E-state index in [1.807, 2.05) is 32.7 Å². The van der Waals surface area contributed by atoms with E-state index < -0.39 is 0 Å². The van der Waals surface area contributed by atoms with Crippen LogP contribution < -0.4 is 5.32 Å². The predicted molar refractivity (Wildman–Crippen MR) is 66.2 cm³/mol. The number of carbonyl (C=O) groups is 1. The molecule has 16 heavy (non-hydrogen) atoms. The molecule has 0 aromatic heterocycles. The highest BCUT2D eigenvalue weighted by Crippen LogP contribution is 2.14. The summed E-state index contributed by atoms with van der Waals surface area (Å²) in [7, 11) is 1.86. The minimum absolute atomic E-state index is 0.0118. The molecule has 0 fully saturated rings.